The summed E-state index contributed by atoms with van der Waals surface area (Å²) < 4.78 is 0. The van der Waals surface area contributed by atoms with Crippen LogP contribution in [-0.4, -0.2) is 5.78 Å². The second kappa shape index (κ2) is 3.18. The van der Waals surface area contributed by atoms with Gasteiger partial charge in [-0.25, -0.2) is 0 Å². The normalized spacial score (nSPS) is 35.6. The molecule has 0 radical (unpaired) electrons. The van der Waals surface area contributed by atoms with E-state index in [9.17, 15) is 4.79 Å². The molecule has 0 aromatic carbocycles. The van der Waals surface area contributed by atoms with E-state index in [0.29, 0.717) is 17.6 Å². The molecule has 1 nitrogen and oxygen atoms in total. The third-order valence-electron chi connectivity index (χ3n) is 2.30. The molecule has 2 atom stereocenters. The van der Waals surface area contributed by atoms with Crippen LogP contribution in [0.15, 0.2) is 0 Å². The van der Waals surface area contributed by atoms with E-state index in [1.807, 2.05) is 0 Å². The van der Waals surface area contributed by atoms with Crippen molar-refractivity contribution < 1.29 is 4.79 Å². The van der Waals surface area contributed by atoms with Gasteiger partial charge in [-0.1, -0.05) is 26.7 Å². The number of ketones is 1. The van der Waals surface area contributed by atoms with Gasteiger partial charge in [0.15, 0.2) is 0 Å². The summed E-state index contributed by atoms with van der Waals surface area (Å²) in [6.07, 6.45) is 4.13. The summed E-state index contributed by atoms with van der Waals surface area (Å²) in [4.78, 5) is 11.1. The number of carbonyl (C=O) groups excluding carboxylic acids is 1. The maximum atomic E-state index is 11.1. The molecule has 0 heterocycles. The van der Waals surface area contributed by atoms with Crippen LogP contribution in [0.3, 0.4) is 0 Å². The molecule has 0 aromatic heterocycles. The van der Waals surface area contributed by atoms with Crippen LogP contribution in [0.5, 0.6) is 0 Å². The van der Waals surface area contributed by atoms with Gasteiger partial charge in [0, 0.05) is 12.8 Å². The van der Waals surface area contributed by atoms with Gasteiger partial charge >= 0.3 is 0 Å². The SMILES string of the molecule is C[C@@H]1CC[C@@H](C)CC(=O)C1. The molecule has 1 aliphatic rings. The lowest BCUT2D eigenvalue weighted by molar-refractivity contribution is -0.120. The van der Waals surface area contributed by atoms with Crippen molar-refractivity contribution in [3.05, 3.63) is 0 Å². The maximum Gasteiger partial charge on any atom is 0.133 e. The number of carbonyl (C=O) groups is 1. The van der Waals surface area contributed by atoms with Gasteiger partial charge in [0.25, 0.3) is 0 Å². The standard InChI is InChI=1S/C9H16O/c1-7-3-4-8(2)6-9(10)5-7/h7-8H,3-6H2,1-2H3/t7-,8-/m1/s1. The predicted molar refractivity (Wildman–Crippen MR) is 41.8 cm³/mol. The Morgan fingerprint density at radius 1 is 1.10 bits per heavy atom. The molecule has 0 amide bonds. The zero-order chi connectivity index (χ0) is 7.56. The highest BCUT2D eigenvalue weighted by atomic mass is 16.1. The molecular weight excluding hydrogens is 124 g/mol. The van der Waals surface area contributed by atoms with Crippen molar-refractivity contribution in [2.24, 2.45) is 11.8 Å². The van der Waals surface area contributed by atoms with Crippen LogP contribution in [-0.2, 0) is 4.79 Å². The van der Waals surface area contributed by atoms with Crippen LogP contribution < -0.4 is 0 Å². The van der Waals surface area contributed by atoms with Crippen molar-refractivity contribution in [2.45, 2.75) is 39.5 Å². The molecule has 0 spiro atoms. The first-order valence-electron chi connectivity index (χ1n) is 4.20. The van der Waals surface area contributed by atoms with Gasteiger partial charge in [0.1, 0.15) is 5.78 Å². The Balaban J connectivity index is 2.46. The second-order valence-corrected chi connectivity index (χ2v) is 3.73. The fourth-order valence-electron chi connectivity index (χ4n) is 1.63. The van der Waals surface area contributed by atoms with Crippen molar-refractivity contribution in [3.8, 4) is 0 Å². The molecule has 0 aliphatic heterocycles. The number of hydrogen-bond donors (Lipinski definition) is 0. The summed E-state index contributed by atoms with van der Waals surface area (Å²) in [5.41, 5.74) is 0. The average molecular weight is 140 g/mol. The van der Waals surface area contributed by atoms with E-state index < -0.39 is 0 Å². The summed E-state index contributed by atoms with van der Waals surface area (Å²) in [5.74, 6) is 1.74. The first kappa shape index (κ1) is 7.77. The summed E-state index contributed by atoms with van der Waals surface area (Å²) in [7, 11) is 0. The molecule has 0 bridgehead atoms. The van der Waals surface area contributed by atoms with Crippen LogP contribution in [0.1, 0.15) is 39.5 Å². The maximum absolute atomic E-state index is 11.1. The summed E-state index contributed by atoms with van der Waals surface area (Å²) in [5, 5.41) is 0. The van der Waals surface area contributed by atoms with Gasteiger partial charge in [0.2, 0.25) is 0 Å². The average Bonchev–Trinajstić information content (AvgIpc) is 1.93. The molecule has 0 N–H and O–H groups in total. The van der Waals surface area contributed by atoms with E-state index in [1.54, 1.807) is 0 Å². The smallest absolute Gasteiger partial charge is 0.133 e. The number of rotatable bonds is 0. The lowest BCUT2D eigenvalue weighted by Gasteiger charge is -2.04. The van der Waals surface area contributed by atoms with Crippen molar-refractivity contribution in [3.63, 3.8) is 0 Å². The second-order valence-electron chi connectivity index (χ2n) is 3.73. The highest BCUT2D eigenvalue weighted by Gasteiger charge is 2.17. The third-order valence-corrected chi connectivity index (χ3v) is 2.30. The summed E-state index contributed by atoms with van der Waals surface area (Å²) in [6, 6.07) is 0. The van der Waals surface area contributed by atoms with Gasteiger partial charge in [-0.05, 0) is 11.8 Å². The van der Waals surface area contributed by atoms with Gasteiger partial charge in [-0.3, -0.25) is 4.79 Å². The fraction of sp³-hybridized carbons (Fsp3) is 0.889. The fourth-order valence-corrected chi connectivity index (χ4v) is 1.63. The van der Waals surface area contributed by atoms with Crippen LogP contribution >= 0.6 is 0 Å². The van der Waals surface area contributed by atoms with Crippen LogP contribution in [0.4, 0.5) is 0 Å². The van der Waals surface area contributed by atoms with Crippen LogP contribution in [0.25, 0.3) is 0 Å². The van der Waals surface area contributed by atoms with E-state index in [2.05, 4.69) is 13.8 Å². The highest BCUT2D eigenvalue weighted by molar-refractivity contribution is 5.79. The minimum atomic E-state index is 0.470. The Morgan fingerprint density at radius 2 is 1.50 bits per heavy atom. The minimum Gasteiger partial charge on any atom is -0.300 e. The van der Waals surface area contributed by atoms with Crippen LogP contribution in [0, 0.1) is 11.8 Å². The monoisotopic (exact) mass is 140 g/mol. The Bertz CT molecular complexity index is 115. The molecule has 10 heavy (non-hydrogen) atoms. The Kier molecular flexibility index (Phi) is 2.47. The van der Waals surface area contributed by atoms with Gasteiger partial charge in [0.05, 0.1) is 0 Å². The zero-order valence-electron chi connectivity index (χ0n) is 6.89. The topological polar surface area (TPSA) is 17.1 Å². The van der Waals surface area contributed by atoms with E-state index in [4.69, 9.17) is 0 Å². The van der Waals surface area contributed by atoms with Crippen molar-refractivity contribution >= 4 is 5.78 Å². The lowest BCUT2D eigenvalue weighted by Crippen LogP contribution is -2.02. The quantitative estimate of drug-likeness (QED) is 0.472. The molecule has 1 rings (SSSR count). The number of Topliss-reactive ketones (excluding diaryl/α,β-unsaturated/α-hetero) is 1. The summed E-state index contributed by atoms with van der Waals surface area (Å²) in [6.45, 7) is 4.35. The minimum absolute atomic E-state index is 0.470. The highest BCUT2D eigenvalue weighted by Crippen LogP contribution is 2.23. The van der Waals surface area contributed by atoms with E-state index in [-0.39, 0.29) is 0 Å². The predicted octanol–water partition coefficient (Wildman–Crippen LogP) is 2.40. The van der Waals surface area contributed by atoms with Crippen molar-refractivity contribution in [2.75, 3.05) is 0 Å². The Morgan fingerprint density at radius 3 is 1.90 bits per heavy atom. The van der Waals surface area contributed by atoms with Gasteiger partial charge in [-0.15, -0.1) is 0 Å². The molecule has 58 valence electrons. The lowest BCUT2D eigenvalue weighted by atomic mass is 10.0. The van der Waals surface area contributed by atoms with Gasteiger partial charge < -0.3 is 0 Å². The first-order valence-corrected chi connectivity index (χ1v) is 4.20. The molecule has 1 heteroatoms. The molecule has 0 saturated heterocycles. The van der Waals surface area contributed by atoms with E-state index in [1.165, 1.54) is 12.8 Å². The molecule has 1 aliphatic carbocycles. The zero-order valence-corrected chi connectivity index (χ0v) is 6.89. The molecule has 1 fully saturated rings. The summed E-state index contributed by atoms with van der Waals surface area (Å²) >= 11 is 0. The molecule has 1 saturated carbocycles. The Labute approximate surface area is 62.8 Å². The first-order chi connectivity index (χ1) is 4.68. The van der Waals surface area contributed by atoms with Crippen LogP contribution in [0.2, 0.25) is 0 Å². The van der Waals surface area contributed by atoms with E-state index in [0.717, 1.165) is 12.8 Å². The third kappa shape index (κ3) is 2.13. The Hall–Kier alpha value is -0.330. The molecule has 0 aromatic rings. The molecule has 0 unspecified atom stereocenters. The molecular formula is C9H16O. The number of hydrogen-bond acceptors (Lipinski definition) is 1. The van der Waals surface area contributed by atoms with Crippen molar-refractivity contribution in [1.29, 1.82) is 0 Å². The van der Waals surface area contributed by atoms with E-state index >= 15 is 0 Å². The largest absolute Gasteiger partial charge is 0.300 e. The van der Waals surface area contributed by atoms with Gasteiger partial charge in [-0.2, -0.15) is 0 Å². The van der Waals surface area contributed by atoms with Crippen molar-refractivity contribution in [1.82, 2.24) is 0 Å².